The molecular formula is C12H24O4Si. The molecule has 0 aromatic carbocycles. The van der Waals surface area contributed by atoms with Crippen molar-refractivity contribution in [1.82, 2.24) is 0 Å². The van der Waals surface area contributed by atoms with Crippen LogP contribution >= 0.6 is 0 Å². The van der Waals surface area contributed by atoms with Crippen LogP contribution in [0.15, 0.2) is 0 Å². The average Bonchev–Trinajstić information content (AvgIpc) is 2.97. The van der Waals surface area contributed by atoms with E-state index in [-0.39, 0.29) is 29.6 Å². The highest BCUT2D eigenvalue weighted by atomic mass is 28.4. The van der Waals surface area contributed by atoms with E-state index in [1.807, 2.05) is 0 Å². The highest BCUT2D eigenvalue weighted by Crippen LogP contribution is 2.39. The van der Waals surface area contributed by atoms with Crippen LogP contribution in [0.5, 0.6) is 0 Å². The van der Waals surface area contributed by atoms with Gasteiger partial charge >= 0.3 is 5.97 Å². The highest BCUT2D eigenvalue weighted by Gasteiger charge is 2.44. The van der Waals surface area contributed by atoms with Crippen molar-refractivity contribution in [3.63, 3.8) is 0 Å². The Hall–Kier alpha value is -0.393. The van der Waals surface area contributed by atoms with Crippen molar-refractivity contribution in [3.05, 3.63) is 0 Å². The highest BCUT2D eigenvalue weighted by molar-refractivity contribution is 6.74. The average molecular weight is 260 g/mol. The molecule has 1 aliphatic heterocycles. The van der Waals surface area contributed by atoms with Crippen LogP contribution in [0.25, 0.3) is 0 Å². The minimum Gasteiger partial charge on any atom is -0.469 e. The molecule has 0 aliphatic carbocycles. The molecule has 17 heavy (non-hydrogen) atoms. The van der Waals surface area contributed by atoms with E-state index in [1.165, 1.54) is 7.11 Å². The largest absolute Gasteiger partial charge is 0.469 e. The van der Waals surface area contributed by atoms with Gasteiger partial charge in [-0.1, -0.05) is 20.8 Å². The molecule has 0 aromatic heterocycles. The van der Waals surface area contributed by atoms with Crippen molar-refractivity contribution in [2.24, 2.45) is 0 Å². The first-order chi connectivity index (χ1) is 7.67. The molecule has 1 heterocycles. The predicted octanol–water partition coefficient (Wildman–Crippen LogP) is 2.34. The lowest BCUT2D eigenvalue weighted by molar-refractivity contribution is -0.142. The van der Waals surface area contributed by atoms with E-state index < -0.39 is 8.32 Å². The van der Waals surface area contributed by atoms with Gasteiger partial charge in [-0.25, -0.2) is 0 Å². The molecule has 0 N–H and O–H groups in total. The Balaban J connectivity index is 2.63. The molecule has 100 valence electrons. The molecule has 1 saturated heterocycles. The summed E-state index contributed by atoms with van der Waals surface area (Å²) in [6.07, 6.45) is 0.208. The third kappa shape index (κ3) is 4.08. The molecule has 0 amide bonds. The van der Waals surface area contributed by atoms with Crippen molar-refractivity contribution in [3.8, 4) is 0 Å². The third-order valence-corrected chi connectivity index (χ3v) is 8.13. The summed E-state index contributed by atoms with van der Waals surface area (Å²) in [6.45, 7) is 11.6. The molecule has 0 radical (unpaired) electrons. The fourth-order valence-electron chi connectivity index (χ4n) is 1.32. The SMILES string of the molecule is COC(=O)C[C@H](O[Si](C)(C)C(C)(C)C)[C@H]1CO1. The monoisotopic (exact) mass is 260 g/mol. The fourth-order valence-corrected chi connectivity index (χ4v) is 2.67. The van der Waals surface area contributed by atoms with Gasteiger partial charge < -0.3 is 13.9 Å². The standard InChI is InChI=1S/C12H24O4Si/c1-12(2,3)17(5,6)16-9(10-8-15-10)7-11(13)14-4/h9-10H,7-8H2,1-6H3/t9-,10+/m0/s1. The number of epoxide rings is 1. The van der Waals surface area contributed by atoms with E-state index >= 15 is 0 Å². The maximum atomic E-state index is 11.3. The lowest BCUT2D eigenvalue weighted by atomic mass is 10.2. The summed E-state index contributed by atoms with van der Waals surface area (Å²) >= 11 is 0. The Kier molecular flexibility index (Phi) is 4.38. The molecule has 0 unspecified atom stereocenters. The van der Waals surface area contributed by atoms with Crippen molar-refractivity contribution in [2.75, 3.05) is 13.7 Å². The van der Waals surface area contributed by atoms with Crippen molar-refractivity contribution in [2.45, 2.75) is 57.5 Å². The molecule has 1 fully saturated rings. The van der Waals surface area contributed by atoms with Crippen LogP contribution in [0.4, 0.5) is 0 Å². The van der Waals surface area contributed by atoms with E-state index in [4.69, 9.17) is 13.9 Å². The topological polar surface area (TPSA) is 48.1 Å². The quantitative estimate of drug-likeness (QED) is 0.432. The van der Waals surface area contributed by atoms with Gasteiger partial charge in [-0.2, -0.15) is 0 Å². The minimum absolute atomic E-state index is 0.0724. The van der Waals surface area contributed by atoms with Gasteiger partial charge in [0, 0.05) is 0 Å². The lowest BCUT2D eigenvalue weighted by Crippen LogP contribution is -2.46. The van der Waals surface area contributed by atoms with Gasteiger partial charge in [0.2, 0.25) is 0 Å². The van der Waals surface area contributed by atoms with Crippen LogP contribution in [0, 0.1) is 0 Å². The first-order valence-corrected chi connectivity index (χ1v) is 8.94. The minimum atomic E-state index is -1.86. The summed E-state index contributed by atoms with van der Waals surface area (Å²) in [5.41, 5.74) is 0. The van der Waals surface area contributed by atoms with Crippen molar-refractivity contribution >= 4 is 14.3 Å². The molecule has 4 nitrogen and oxygen atoms in total. The second-order valence-electron chi connectivity index (χ2n) is 6.07. The zero-order valence-electron chi connectivity index (χ0n) is 11.7. The van der Waals surface area contributed by atoms with Gasteiger partial charge in [0.15, 0.2) is 8.32 Å². The molecule has 0 spiro atoms. The smallest absolute Gasteiger partial charge is 0.308 e. The van der Waals surface area contributed by atoms with Crippen LogP contribution < -0.4 is 0 Å². The number of carbonyl (C=O) groups excluding carboxylic acids is 1. The Labute approximate surface area is 105 Å². The van der Waals surface area contributed by atoms with E-state index in [0.717, 1.165) is 0 Å². The number of hydrogen-bond donors (Lipinski definition) is 0. The second kappa shape index (κ2) is 5.08. The fraction of sp³-hybridized carbons (Fsp3) is 0.917. The maximum absolute atomic E-state index is 11.3. The first kappa shape index (κ1) is 14.7. The van der Waals surface area contributed by atoms with Gasteiger partial charge in [-0.3, -0.25) is 4.79 Å². The Morgan fingerprint density at radius 3 is 2.35 bits per heavy atom. The number of rotatable bonds is 5. The van der Waals surface area contributed by atoms with Crippen LogP contribution in [0.3, 0.4) is 0 Å². The number of ether oxygens (including phenoxy) is 2. The molecule has 5 heteroatoms. The van der Waals surface area contributed by atoms with Gasteiger partial charge in [-0.15, -0.1) is 0 Å². The van der Waals surface area contributed by atoms with Crippen molar-refractivity contribution < 1.29 is 18.7 Å². The molecule has 2 atom stereocenters. The molecule has 0 aromatic rings. The van der Waals surface area contributed by atoms with Gasteiger partial charge in [0.25, 0.3) is 0 Å². The van der Waals surface area contributed by atoms with Crippen LogP contribution in [0.1, 0.15) is 27.2 Å². The summed E-state index contributed by atoms with van der Waals surface area (Å²) in [6, 6.07) is 0. The second-order valence-corrected chi connectivity index (χ2v) is 10.8. The number of hydrogen-bond acceptors (Lipinski definition) is 4. The molecule has 1 aliphatic rings. The number of methoxy groups -OCH3 is 1. The summed E-state index contributed by atoms with van der Waals surface area (Å²) in [5, 5.41) is 0.135. The van der Waals surface area contributed by atoms with E-state index in [0.29, 0.717) is 6.61 Å². The van der Waals surface area contributed by atoms with Crippen LogP contribution in [-0.2, 0) is 18.7 Å². The zero-order valence-corrected chi connectivity index (χ0v) is 12.7. The molecular weight excluding hydrogens is 236 g/mol. The Morgan fingerprint density at radius 2 is 2.00 bits per heavy atom. The summed E-state index contributed by atoms with van der Waals surface area (Å²) in [4.78, 5) is 11.3. The normalized spacial score (nSPS) is 22.1. The Morgan fingerprint density at radius 1 is 1.47 bits per heavy atom. The molecule has 0 bridgehead atoms. The predicted molar refractivity (Wildman–Crippen MR) is 68.4 cm³/mol. The first-order valence-electron chi connectivity index (χ1n) is 6.03. The van der Waals surface area contributed by atoms with E-state index in [9.17, 15) is 4.79 Å². The van der Waals surface area contributed by atoms with Gasteiger partial charge in [-0.05, 0) is 18.1 Å². The number of carbonyl (C=O) groups is 1. The lowest BCUT2D eigenvalue weighted by Gasteiger charge is -2.38. The van der Waals surface area contributed by atoms with Crippen molar-refractivity contribution in [1.29, 1.82) is 0 Å². The van der Waals surface area contributed by atoms with Crippen LogP contribution in [-0.4, -0.2) is 40.2 Å². The van der Waals surface area contributed by atoms with E-state index in [1.54, 1.807) is 0 Å². The van der Waals surface area contributed by atoms with Gasteiger partial charge in [0.05, 0.1) is 26.2 Å². The molecule has 1 rings (SSSR count). The van der Waals surface area contributed by atoms with Gasteiger partial charge in [0.1, 0.15) is 6.10 Å². The Bertz CT molecular complexity index is 279. The summed E-state index contributed by atoms with van der Waals surface area (Å²) in [7, 11) is -0.456. The van der Waals surface area contributed by atoms with Crippen LogP contribution in [0.2, 0.25) is 18.1 Å². The summed E-state index contributed by atoms with van der Waals surface area (Å²) in [5.74, 6) is -0.232. The third-order valence-electron chi connectivity index (χ3n) is 3.62. The zero-order chi connectivity index (χ0) is 13.3. The summed E-state index contributed by atoms with van der Waals surface area (Å²) < 4.78 is 16.2. The van der Waals surface area contributed by atoms with E-state index in [2.05, 4.69) is 33.9 Å². The molecule has 0 saturated carbocycles. The maximum Gasteiger partial charge on any atom is 0.308 e. The number of esters is 1.